The molecule has 0 aliphatic carbocycles. The van der Waals surface area contributed by atoms with E-state index in [1.54, 1.807) is 24.0 Å². The number of fused-ring (bicyclic) bond motifs is 1. The van der Waals surface area contributed by atoms with Crippen LogP contribution in [0.25, 0.3) is 0 Å². The first-order chi connectivity index (χ1) is 13.6. The Hall–Kier alpha value is -3.61. The van der Waals surface area contributed by atoms with Gasteiger partial charge in [-0.25, -0.2) is 0 Å². The van der Waals surface area contributed by atoms with Gasteiger partial charge in [-0.05, 0) is 17.7 Å². The fraction of sp³-hybridized carbons (Fsp3) is 0.190. The topological polar surface area (TPSA) is 76.5 Å². The van der Waals surface area contributed by atoms with E-state index in [0.29, 0.717) is 23.5 Å². The lowest BCUT2D eigenvalue weighted by Gasteiger charge is -2.20. The number of amides is 2. The lowest BCUT2D eigenvalue weighted by Crippen LogP contribution is -2.49. The Morgan fingerprint density at radius 1 is 1.18 bits per heavy atom. The molecule has 2 aromatic carbocycles. The van der Waals surface area contributed by atoms with Gasteiger partial charge < -0.3 is 15.0 Å². The molecular weight excluding hydrogens is 356 g/mol. The fourth-order valence-corrected chi connectivity index (χ4v) is 3.14. The van der Waals surface area contributed by atoms with E-state index < -0.39 is 6.04 Å². The summed E-state index contributed by atoms with van der Waals surface area (Å²) in [4.78, 5) is 26.9. The van der Waals surface area contributed by atoms with Crippen molar-refractivity contribution in [3.05, 3.63) is 78.1 Å². The number of hydrogen-bond acceptors (Lipinski definition) is 4. The van der Waals surface area contributed by atoms with Gasteiger partial charge in [-0.15, -0.1) is 0 Å². The average Bonchev–Trinajstić information content (AvgIpc) is 3.15. The molecule has 1 atom stereocenters. The van der Waals surface area contributed by atoms with Crippen LogP contribution in [0.5, 0.6) is 5.75 Å². The van der Waals surface area contributed by atoms with E-state index in [9.17, 15) is 9.59 Å². The maximum absolute atomic E-state index is 12.7. The normalized spacial score (nSPS) is 16.1. The second kappa shape index (κ2) is 7.56. The van der Waals surface area contributed by atoms with Gasteiger partial charge in [0.1, 0.15) is 18.4 Å². The standard InChI is InChI=1S/C21H20N4O3/c1-24-18-9-5-6-10-19(18)28-14-17(21(24)27)23-20(26)16-11-22-25(13-16)12-15-7-3-2-4-8-15/h2-11,13,17H,12,14H2,1H3,(H,23,26). The number of benzene rings is 2. The lowest BCUT2D eigenvalue weighted by molar-refractivity contribution is -0.120. The number of aromatic nitrogens is 2. The number of ether oxygens (including phenoxy) is 1. The number of likely N-dealkylation sites (N-methyl/N-ethyl adjacent to an activating group) is 1. The molecule has 0 bridgehead atoms. The van der Waals surface area contributed by atoms with Crippen molar-refractivity contribution in [3.8, 4) is 5.75 Å². The fourth-order valence-electron chi connectivity index (χ4n) is 3.14. The molecule has 1 aliphatic rings. The zero-order valence-corrected chi connectivity index (χ0v) is 15.4. The van der Waals surface area contributed by atoms with Gasteiger partial charge >= 0.3 is 0 Å². The van der Waals surface area contributed by atoms with E-state index in [-0.39, 0.29) is 18.4 Å². The molecule has 1 unspecified atom stereocenters. The molecular formula is C21H20N4O3. The van der Waals surface area contributed by atoms with E-state index in [0.717, 1.165) is 5.56 Å². The first-order valence-electron chi connectivity index (χ1n) is 8.98. The molecule has 7 nitrogen and oxygen atoms in total. The minimum atomic E-state index is -0.776. The van der Waals surface area contributed by atoms with Crippen LogP contribution >= 0.6 is 0 Å². The van der Waals surface area contributed by atoms with Gasteiger partial charge in [0.25, 0.3) is 11.8 Å². The first-order valence-corrected chi connectivity index (χ1v) is 8.98. The third-order valence-electron chi connectivity index (χ3n) is 4.65. The molecule has 0 saturated heterocycles. The Labute approximate surface area is 162 Å². The maximum Gasteiger partial charge on any atom is 0.255 e. The highest BCUT2D eigenvalue weighted by molar-refractivity contribution is 6.03. The van der Waals surface area contributed by atoms with Crippen LogP contribution in [0.3, 0.4) is 0 Å². The van der Waals surface area contributed by atoms with Crippen molar-refractivity contribution < 1.29 is 14.3 Å². The third-order valence-corrected chi connectivity index (χ3v) is 4.65. The third kappa shape index (κ3) is 3.59. The van der Waals surface area contributed by atoms with Crippen molar-refractivity contribution in [2.45, 2.75) is 12.6 Å². The molecule has 2 heterocycles. The molecule has 1 N–H and O–H groups in total. The van der Waals surface area contributed by atoms with Crippen LogP contribution in [0.1, 0.15) is 15.9 Å². The molecule has 1 aromatic heterocycles. The highest BCUT2D eigenvalue weighted by Gasteiger charge is 2.30. The first kappa shape index (κ1) is 17.8. The Bertz CT molecular complexity index is 1000. The molecule has 1 aliphatic heterocycles. The quantitative estimate of drug-likeness (QED) is 0.756. The zero-order valence-electron chi connectivity index (χ0n) is 15.4. The van der Waals surface area contributed by atoms with Gasteiger partial charge in [0, 0.05) is 13.2 Å². The second-order valence-corrected chi connectivity index (χ2v) is 6.61. The molecule has 4 rings (SSSR count). The summed E-state index contributed by atoms with van der Waals surface area (Å²) in [5.74, 6) is 0.0291. The summed E-state index contributed by atoms with van der Waals surface area (Å²) in [6.45, 7) is 0.641. The van der Waals surface area contributed by atoms with Crippen molar-refractivity contribution in [2.75, 3.05) is 18.6 Å². The van der Waals surface area contributed by atoms with Gasteiger partial charge in [-0.2, -0.15) is 5.10 Å². The minimum absolute atomic E-state index is 0.0735. The van der Waals surface area contributed by atoms with Crippen LogP contribution in [0.4, 0.5) is 5.69 Å². The number of para-hydroxylation sites is 2. The summed E-state index contributed by atoms with van der Waals surface area (Å²) in [5.41, 5.74) is 2.16. The van der Waals surface area contributed by atoms with Gasteiger partial charge in [-0.1, -0.05) is 42.5 Å². The van der Waals surface area contributed by atoms with Crippen molar-refractivity contribution >= 4 is 17.5 Å². The Morgan fingerprint density at radius 2 is 1.93 bits per heavy atom. The molecule has 3 aromatic rings. The Morgan fingerprint density at radius 3 is 2.75 bits per heavy atom. The highest BCUT2D eigenvalue weighted by atomic mass is 16.5. The van der Waals surface area contributed by atoms with Gasteiger partial charge in [-0.3, -0.25) is 14.3 Å². The highest BCUT2D eigenvalue weighted by Crippen LogP contribution is 2.29. The summed E-state index contributed by atoms with van der Waals surface area (Å²) in [7, 11) is 1.67. The average molecular weight is 376 g/mol. The zero-order chi connectivity index (χ0) is 19.5. The van der Waals surface area contributed by atoms with Crippen LogP contribution in [-0.2, 0) is 11.3 Å². The van der Waals surface area contributed by atoms with Crippen molar-refractivity contribution in [1.29, 1.82) is 0 Å². The lowest BCUT2D eigenvalue weighted by atomic mass is 10.2. The molecule has 2 amide bonds. The number of nitrogens with one attached hydrogen (secondary N) is 1. The molecule has 0 fully saturated rings. The number of nitrogens with zero attached hydrogens (tertiary/aromatic N) is 3. The van der Waals surface area contributed by atoms with Gasteiger partial charge in [0.15, 0.2) is 0 Å². The van der Waals surface area contributed by atoms with E-state index in [4.69, 9.17) is 4.74 Å². The SMILES string of the molecule is CN1C(=O)C(NC(=O)c2cnn(Cc3ccccc3)c2)COc2ccccc21. The molecule has 0 radical (unpaired) electrons. The van der Waals surface area contributed by atoms with Crippen molar-refractivity contribution in [2.24, 2.45) is 0 Å². The summed E-state index contributed by atoms with van der Waals surface area (Å²) in [6, 6.07) is 16.4. The summed E-state index contributed by atoms with van der Waals surface area (Å²) >= 11 is 0. The van der Waals surface area contributed by atoms with E-state index >= 15 is 0 Å². The van der Waals surface area contributed by atoms with Gasteiger partial charge in [0.05, 0.1) is 24.0 Å². The molecule has 0 spiro atoms. The van der Waals surface area contributed by atoms with E-state index in [1.165, 1.54) is 11.1 Å². The van der Waals surface area contributed by atoms with Crippen LogP contribution in [0, 0.1) is 0 Å². The van der Waals surface area contributed by atoms with E-state index in [2.05, 4.69) is 10.4 Å². The number of rotatable bonds is 4. The molecule has 28 heavy (non-hydrogen) atoms. The second-order valence-electron chi connectivity index (χ2n) is 6.61. The predicted molar refractivity (Wildman–Crippen MR) is 104 cm³/mol. The number of hydrogen-bond donors (Lipinski definition) is 1. The van der Waals surface area contributed by atoms with Crippen LogP contribution in [0.2, 0.25) is 0 Å². The largest absolute Gasteiger partial charge is 0.489 e. The van der Waals surface area contributed by atoms with Crippen LogP contribution in [0.15, 0.2) is 67.0 Å². The number of carbonyl (C=O) groups excluding carboxylic acids is 2. The molecule has 7 heteroatoms. The molecule has 142 valence electrons. The summed E-state index contributed by atoms with van der Waals surface area (Å²) < 4.78 is 7.42. The number of carbonyl (C=O) groups is 2. The Kier molecular flexibility index (Phi) is 4.80. The van der Waals surface area contributed by atoms with Crippen molar-refractivity contribution in [3.63, 3.8) is 0 Å². The monoisotopic (exact) mass is 376 g/mol. The van der Waals surface area contributed by atoms with E-state index in [1.807, 2.05) is 48.5 Å². The van der Waals surface area contributed by atoms with Gasteiger partial charge in [0.2, 0.25) is 0 Å². The summed E-state index contributed by atoms with van der Waals surface area (Å²) in [6.07, 6.45) is 3.17. The minimum Gasteiger partial charge on any atom is -0.489 e. The summed E-state index contributed by atoms with van der Waals surface area (Å²) in [5, 5.41) is 7.00. The molecule has 0 saturated carbocycles. The van der Waals surface area contributed by atoms with Crippen LogP contribution < -0.4 is 15.0 Å². The number of anilines is 1. The predicted octanol–water partition coefficient (Wildman–Crippen LogP) is 2.09. The Balaban J connectivity index is 1.45. The maximum atomic E-state index is 12.7. The van der Waals surface area contributed by atoms with Crippen LogP contribution in [-0.4, -0.2) is 41.3 Å². The van der Waals surface area contributed by atoms with Crippen molar-refractivity contribution in [1.82, 2.24) is 15.1 Å². The smallest absolute Gasteiger partial charge is 0.255 e.